The molecule has 0 fully saturated rings. The van der Waals surface area contributed by atoms with Crippen molar-refractivity contribution in [1.29, 1.82) is 0 Å². The van der Waals surface area contributed by atoms with Gasteiger partial charge in [-0.2, -0.15) is 0 Å². The van der Waals surface area contributed by atoms with Crippen LogP contribution in [0.25, 0.3) is 0 Å². The van der Waals surface area contributed by atoms with Gasteiger partial charge in [0.05, 0.1) is 17.6 Å². The Labute approximate surface area is 150 Å². The Morgan fingerprint density at radius 1 is 1.24 bits per heavy atom. The van der Waals surface area contributed by atoms with Gasteiger partial charge < -0.3 is 10.1 Å². The Hall–Kier alpha value is -1.95. The number of carbonyl (C=O) groups excluding carboxylic acids is 1. The second-order valence-electron chi connectivity index (χ2n) is 7.05. The van der Waals surface area contributed by atoms with E-state index in [1.54, 1.807) is 0 Å². The Kier molecular flexibility index (Phi) is 8.03. The summed E-state index contributed by atoms with van der Waals surface area (Å²) < 4.78 is 5.70. The molecule has 0 aliphatic heterocycles. The summed E-state index contributed by atoms with van der Waals surface area (Å²) in [5.74, 6) is 0.733. The van der Waals surface area contributed by atoms with E-state index in [9.17, 15) is 14.9 Å². The number of carbonyl (C=O) groups is 1. The number of hydrogen-bond donors (Lipinski definition) is 1. The molecule has 0 aliphatic carbocycles. The Morgan fingerprint density at radius 3 is 2.40 bits per heavy atom. The summed E-state index contributed by atoms with van der Waals surface area (Å²) in [6.07, 6.45) is 1.07. The number of ketones is 1. The summed E-state index contributed by atoms with van der Waals surface area (Å²) in [7, 11) is 0. The standard InChI is InChI=1S/C19H30N2O4/c1-12(2)18(22)8-7-9-25-19-11-17(21(23)24)16(10-14(19)5)15(6)20-13(3)4/h10-13,15,20H,7-9H2,1-6H3. The third-order valence-electron chi connectivity index (χ3n) is 4.04. The minimum atomic E-state index is -0.373. The van der Waals surface area contributed by atoms with Crippen molar-refractivity contribution in [2.45, 2.75) is 66.5 Å². The van der Waals surface area contributed by atoms with Gasteiger partial charge >= 0.3 is 0 Å². The van der Waals surface area contributed by atoms with E-state index in [4.69, 9.17) is 4.74 Å². The van der Waals surface area contributed by atoms with Gasteiger partial charge in [0.15, 0.2) is 0 Å². The summed E-state index contributed by atoms with van der Waals surface area (Å²) in [6.45, 7) is 11.9. The Morgan fingerprint density at radius 2 is 1.88 bits per heavy atom. The molecule has 0 aliphatic rings. The number of Topliss-reactive ketones (excluding diaryl/α,β-unsaturated/α-hetero) is 1. The summed E-state index contributed by atoms with van der Waals surface area (Å²) in [4.78, 5) is 22.7. The zero-order chi connectivity index (χ0) is 19.1. The van der Waals surface area contributed by atoms with E-state index in [-0.39, 0.29) is 34.4 Å². The van der Waals surface area contributed by atoms with Crippen molar-refractivity contribution in [3.05, 3.63) is 33.4 Å². The van der Waals surface area contributed by atoms with Crippen molar-refractivity contribution in [2.24, 2.45) is 5.92 Å². The van der Waals surface area contributed by atoms with E-state index < -0.39 is 0 Å². The zero-order valence-corrected chi connectivity index (χ0v) is 16.1. The van der Waals surface area contributed by atoms with Crippen LogP contribution in [0.3, 0.4) is 0 Å². The third kappa shape index (κ3) is 6.46. The number of nitrogens with zero attached hydrogens (tertiary/aromatic N) is 1. The smallest absolute Gasteiger partial charge is 0.277 e. The zero-order valence-electron chi connectivity index (χ0n) is 16.1. The maximum atomic E-state index is 11.6. The van der Waals surface area contributed by atoms with Crippen molar-refractivity contribution >= 4 is 11.5 Å². The third-order valence-corrected chi connectivity index (χ3v) is 4.04. The van der Waals surface area contributed by atoms with Crippen molar-refractivity contribution in [2.75, 3.05) is 6.61 Å². The SMILES string of the molecule is Cc1cc(C(C)NC(C)C)c([N+](=O)[O-])cc1OCCCC(=O)C(C)C. The van der Waals surface area contributed by atoms with Crippen LogP contribution in [0.15, 0.2) is 12.1 Å². The number of benzene rings is 1. The fourth-order valence-electron chi connectivity index (χ4n) is 2.67. The van der Waals surface area contributed by atoms with Gasteiger partial charge in [-0.1, -0.05) is 27.7 Å². The molecule has 6 nitrogen and oxygen atoms in total. The van der Waals surface area contributed by atoms with E-state index in [0.29, 0.717) is 30.8 Å². The number of ether oxygens (including phenoxy) is 1. The van der Waals surface area contributed by atoms with E-state index in [1.807, 2.05) is 47.6 Å². The van der Waals surface area contributed by atoms with Crippen LogP contribution in [0.4, 0.5) is 5.69 Å². The van der Waals surface area contributed by atoms with Crippen LogP contribution in [0.5, 0.6) is 5.75 Å². The van der Waals surface area contributed by atoms with Gasteiger partial charge in [-0.3, -0.25) is 14.9 Å². The molecule has 0 saturated carbocycles. The van der Waals surface area contributed by atoms with E-state index in [0.717, 1.165) is 5.56 Å². The molecule has 1 aromatic rings. The minimum absolute atomic E-state index is 0.0250. The molecule has 25 heavy (non-hydrogen) atoms. The van der Waals surface area contributed by atoms with Gasteiger partial charge in [-0.05, 0) is 31.9 Å². The van der Waals surface area contributed by atoms with Crippen molar-refractivity contribution in [1.82, 2.24) is 5.32 Å². The van der Waals surface area contributed by atoms with E-state index in [2.05, 4.69) is 5.32 Å². The van der Waals surface area contributed by atoms with Gasteiger partial charge in [0.1, 0.15) is 11.5 Å². The molecule has 0 spiro atoms. The molecule has 0 aromatic heterocycles. The average Bonchev–Trinajstić information content (AvgIpc) is 2.50. The van der Waals surface area contributed by atoms with E-state index >= 15 is 0 Å². The van der Waals surface area contributed by atoms with Crippen LogP contribution in [-0.4, -0.2) is 23.4 Å². The monoisotopic (exact) mass is 350 g/mol. The normalized spacial score (nSPS) is 12.5. The molecular formula is C19H30N2O4. The van der Waals surface area contributed by atoms with Crippen LogP contribution in [-0.2, 0) is 4.79 Å². The Balaban J connectivity index is 2.87. The molecule has 1 unspecified atom stereocenters. The molecule has 1 atom stereocenters. The number of rotatable bonds is 10. The lowest BCUT2D eigenvalue weighted by atomic mass is 10.0. The molecule has 1 aromatic carbocycles. The van der Waals surface area contributed by atoms with Crippen molar-refractivity contribution < 1.29 is 14.5 Å². The van der Waals surface area contributed by atoms with Crippen LogP contribution in [0.1, 0.15) is 64.6 Å². The lowest BCUT2D eigenvalue weighted by molar-refractivity contribution is -0.385. The second kappa shape index (κ2) is 9.51. The predicted octanol–water partition coefficient (Wildman–Crippen LogP) is 4.35. The predicted molar refractivity (Wildman–Crippen MR) is 99.1 cm³/mol. The van der Waals surface area contributed by atoms with Gasteiger partial charge in [0.25, 0.3) is 5.69 Å². The second-order valence-corrected chi connectivity index (χ2v) is 7.05. The first-order chi connectivity index (χ1) is 11.6. The van der Waals surface area contributed by atoms with Crippen LogP contribution in [0, 0.1) is 23.0 Å². The molecule has 1 rings (SSSR count). The number of hydrogen-bond acceptors (Lipinski definition) is 5. The molecule has 6 heteroatoms. The summed E-state index contributed by atoms with van der Waals surface area (Å²) in [6, 6.07) is 3.40. The summed E-state index contributed by atoms with van der Waals surface area (Å²) >= 11 is 0. The van der Waals surface area contributed by atoms with Crippen LogP contribution in [0.2, 0.25) is 0 Å². The number of aryl methyl sites for hydroxylation is 1. The first-order valence-corrected chi connectivity index (χ1v) is 8.84. The van der Waals surface area contributed by atoms with Crippen molar-refractivity contribution in [3.63, 3.8) is 0 Å². The Bertz CT molecular complexity index is 612. The fraction of sp³-hybridized carbons (Fsp3) is 0.632. The maximum Gasteiger partial charge on any atom is 0.277 e. The molecule has 0 bridgehead atoms. The number of nitrogens with one attached hydrogen (secondary N) is 1. The molecule has 0 amide bonds. The average molecular weight is 350 g/mol. The molecule has 0 saturated heterocycles. The van der Waals surface area contributed by atoms with Crippen LogP contribution < -0.4 is 10.1 Å². The number of nitro groups is 1. The molecule has 0 radical (unpaired) electrons. The lowest BCUT2D eigenvalue weighted by Crippen LogP contribution is -2.26. The first-order valence-electron chi connectivity index (χ1n) is 8.84. The highest BCUT2D eigenvalue weighted by Crippen LogP contribution is 2.32. The highest BCUT2D eigenvalue weighted by Gasteiger charge is 2.22. The molecule has 1 N–H and O–H groups in total. The highest BCUT2D eigenvalue weighted by molar-refractivity contribution is 5.80. The topological polar surface area (TPSA) is 81.5 Å². The fourth-order valence-corrected chi connectivity index (χ4v) is 2.67. The summed E-state index contributed by atoms with van der Waals surface area (Å²) in [5, 5.41) is 14.7. The first kappa shape index (κ1) is 21.1. The minimum Gasteiger partial charge on any atom is -0.493 e. The van der Waals surface area contributed by atoms with Gasteiger partial charge in [0.2, 0.25) is 0 Å². The molecular weight excluding hydrogens is 320 g/mol. The lowest BCUT2D eigenvalue weighted by Gasteiger charge is -2.19. The van der Waals surface area contributed by atoms with Crippen LogP contribution >= 0.6 is 0 Å². The summed E-state index contributed by atoms with van der Waals surface area (Å²) in [5.41, 5.74) is 1.56. The maximum absolute atomic E-state index is 11.6. The quantitative estimate of drug-likeness (QED) is 0.385. The van der Waals surface area contributed by atoms with E-state index in [1.165, 1.54) is 6.07 Å². The van der Waals surface area contributed by atoms with Gasteiger partial charge in [0, 0.05) is 30.0 Å². The van der Waals surface area contributed by atoms with Gasteiger partial charge in [-0.25, -0.2) is 0 Å². The largest absolute Gasteiger partial charge is 0.493 e. The molecule has 0 heterocycles. The van der Waals surface area contributed by atoms with Gasteiger partial charge in [-0.15, -0.1) is 0 Å². The molecule has 140 valence electrons. The highest BCUT2D eigenvalue weighted by atomic mass is 16.6. The number of nitro benzene ring substituents is 1. The van der Waals surface area contributed by atoms with Crippen molar-refractivity contribution in [3.8, 4) is 5.75 Å².